The number of nitrogens with zero attached hydrogens (tertiary/aromatic N) is 4. The van der Waals surface area contributed by atoms with Gasteiger partial charge in [-0.3, -0.25) is 4.79 Å². The predicted molar refractivity (Wildman–Crippen MR) is 74.7 cm³/mol. The number of carbonyl (C=O) groups excluding carboxylic acids is 1. The highest BCUT2D eigenvalue weighted by molar-refractivity contribution is 5.93. The second kappa shape index (κ2) is 4.70. The van der Waals surface area contributed by atoms with Crippen molar-refractivity contribution in [2.75, 3.05) is 5.32 Å². The van der Waals surface area contributed by atoms with Crippen LogP contribution in [0.15, 0.2) is 12.1 Å². The summed E-state index contributed by atoms with van der Waals surface area (Å²) in [6, 6.07) is 3.74. The number of anilines is 1. The molecule has 0 bridgehead atoms. The van der Waals surface area contributed by atoms with Gasteiger partial charge in [0.25, 0.3) is 5.95 Å². The van der Waals surface area contributed by atoms with Gasteiger partial charge >= 0.3 is 0 Å². The van der Waals surface area contributed by atoms with Crippen LogP contribution in [0.2, 0.25) is 0 Å². The molecule has 0 aliphatic heterocycles. The number of hydrogen-bond donors (Lipinski definition) is 1. The fraction of sp³-hybridized carbons (Fsp3) is 0.429. The summed E-state index contributed by atoms with van der Waals surface area (Å²) in [5, 5.41) is 7.29. The lowest BCUT2D eigenvalue weighted by atomic mass is 10.3. The molecular weight excluding hydrogens is 254 g/mol. The maximum Gasteiger partial charge on any atom is 0.252 e. The number of rotatable bonds is 3. The molecule has 1 aliphatic rings. The molecule has 1 N–H and O–H groups in total. The van der Waals surface area contributed by atoms with E-state index in [0.717, 1.165) is 29.9 Å². The van der Waals surface area contributed by atoms with Crippen LogP contribution in [-0.4, -0.2) is 25.7 Å². The Bertz CT molecular complexity index is 652. The molecule has 0 atom stereocenters. The van der Waals surface area contributed by atoms with Crippen molar-refractivity contribution >= 4 is 11.7 Å². The standard InChI is InChI=1S/C14H17N5O/c1-8-6-9(2)16-14(15-8)19-12(7-10(3)18-19)17-13(20)11-4-5-11/h6-7,11H,4-5H2,1-3H3,(H,17,20). The Morgan fingerprint density at radius 2 is 1.80 bits per heavy atom. The predicted octanol–water partition coefficient (Wildman–Crippen LogP) is 1.94. The second-order valence-corrected chi connectivity index (χ2v) is 5.30. The van der Waals surface area contributed by atoms with E-state index in [2.05, 4.69) is 20.4 Å². The normalized spacial score (nSPS) is 14.3. The van der Waals surface area contributed by atoms with Gasteiger partial charge in [-0.05, 0) is 39.7 Å². The molecule has 1 aliphatic carbocycles. The fourth-order valence-electron chi connectivity index (χ4n) is 2.12. The van der Waals surface area contributed by atoms with E-state index >= 15 is 0 Å². The maximum atomic E-state index is 11.9. The van der Waals surface area contributed by atoms with Crippen LogP contribution >= 0.6 is 0 Å². The summed E-state index contributed by atoms with van der Waals surface area (Å²) >= 11 is 0. The maximum absolute atomic E-state index is 11.9. The van der Waals surface area contributed by atoms with Crippen LogP contribution in [0, 0.1) is 26.7 Å². The third kappa shape index (κ3) is 2.54. The third-order valence-electron chi connectivity index (χ3n) is 3.19. The first kappa shape index (κ1) is 12.8. The zero-order valence-corrected chi connectivity index (χ0v) is 11.8. The van der Waals surface area contributed by atoms with Gasteiger partial charge in [-0.25, -0.2) is 9.97 Å². The number of aromatic nitrogens is 4. The Labute approximate surface area is 117 Å². The highest BCUT2D eigenvalue weighted by Crippen LogP contribution is 2.30. The first-order valence-electron chi connectivity index (χ1n) is 6.73. The number of carbonyl (C=O) groups is 1. The van der Waals surface area contributed by atoms with E-state index in [9.17, 15) is 4.79 Å². The van der Waals surface area contributed by atoms with Crippen molar-refractivity contribution in [3.05, 3.63) is 29.2 Å². The van der Waals surface area contributed by atoms with E-state index in [1.54, 1.807) is 4.68 Å². The van der Waals surface area contributed by atoms with Crippen molar-refractivity contribution in [1.82, 2.24) is 19.7 Å². The summed E-state index contributed by atoms with van der Waals surface area (Å²) in [6.07, 6.45) is 1.94. The van der Waals surface area contributed by atoms with Gasteiger partial charge in [0.15, 0.2) is 0 Å². The van der Waals surface area contributed by atoms with Gasteiger partial charge in [-0.15, -0.1) is 0 Å². The number of hydrogen-bond acceptors (Lipinski definition) is 4. The van der Waals surface area contributed by atoms with Crippen molar-refractivity contribution in [2.45, 2.75) is 33.6 Å². The van der Waals surface area contributed by atoms with Gasteiger partial charge in [-0.1, -0.05) is 0 Å². The van der Waals surface area contributed by atoms with Crippen LogP contribution in [-0.2, 0) is 4.79 Å². The highest BCUT2D eigenvalue weighted by atomic mass is 16.2. The number of amides is 1. The number of aryl methyl sites for hydroxylation is 3. The van der Waals surface area contributed by atoms with E-state index in [1.807, 2.05) is 32.9 Å². The summed E-state index contributed by atoms with van der Waals surface area (Å²) in [4.78, 5) is 20.7. The molecular formula is C14H17N5O. The summed E-state index contributed by atoms with van der Waals surface area (Å²) in [5.41, 5.74) is 2.57. The lowest BCUT2D eigenvalue weighted by molar-refractivity contribution is -0.117. The van der Waals surface area contributed by atoms with E-state index in [0.29, 0.717) is 11.8 Å². The van der Waals surface area contributed by atoms with Crippen molar-refractivity contribution < 1.29 is 4.79 Å². The molecule has 0 radical (unpaired) electrons. The molecule has 104 valence electrons. The Morgan fingerprint density at radius 3 is 2.40 bits per heavy atom. The van der Waals surface area contributed by atoms with Gasteiger partial charge in [0.05, 0.1) is 5.69 Å². The highest BCUT2D eigenvalue weighted by Gasteiger charge is 2.30. The molecule has 3 rings (SSSR count). The second-order valence-electron chi connectivity index (χ2n) is 5.30. The van der Waals surface area contributed by atoms with E-state index < -0.39 is 0 Å². The Hall–Kier alpha value is -2.24. The molecule has 2 aromatic rings. The molecule has 6 nitrogen and oxygen atoms in total. The van der Waals surface area contributed by atoms with Crippen molar-refractivity contribution in [3.8, 4) is 5.95 Å². The summed E-state index contributed by atoms with van der Waals surface area (Å²) in [6.45, 7) is 5.71. The molecule has 6 heteroatoms. The van der Waals surface area contributed by atoms with Crippen LogP contribution in [0.25, 0.3) is 5.95 Å². The fourth-order valence-corrected chi connectivity index (χ4v) is 2.12. The van der Waals surface area contributed by atoms with Crippen molar-refractivity contribution in [3.63, 3.8) is 0 Å². The van der Waals surface area contributed by atoms with Gasteiger partial charge in [-0.2, -0.15) is 9.78 Å². The van der Waals surface area contributed by atoms with Crippen LogP contribution in [0.1, 0.15) is 29.9 Å². The molecule has 0 spiro atoms. The molecule has 2 heterocycles. The molecule has 0 aromatic carbocycles. The van der Waals surface area contributed by atoms with Gasteiger partial charge < -0.3 is 5.32 Å². The minimum Gasteiger partial charge on any atom is -0.310 e. The van der Waals surface area contributed by atoms with Gasteiger partial charge in [0.2, 0.25) is 5.91 Å². The minimum absolute atomic E-state index is 0.0514. The SMILES string of the molecule is Cc1cc(C)nc(-n2nc(C)cc2NC(=O)C2CC2)n1. The summed E-state index contributed by atoms with van der Waals surface area (Å²) in [7, 11) is 0. The zero-order valence-electron chi connectivity index (χ0n) is 11.8. The van der Waals surface area contributed by atoms with Crippen molar-refractivity contribution in [2.24, 2.45) is 5.92 Å². The topological polar surface area (TPSA) is 72.7 Å². The third-order valence-corrected chi connectivity index (χ3v) is 3.19. The minimum atomic E-state index is 0.0514. The van der Waals surface area contributed by atoms with Crippen LogP contribution in [0.3, 0.4) is 0 Å². The molecule has 20 heavy (non-hydrogen) atoms. The van der Waals surface area contributed by atoms with E-state index in [4.69, 9.17) is 0 Å². The monoisotopic (exact) mass is 271 g/mol. The largest absolute Gasteiger partial charge is 0.310 e. The smallest absolute Gasteiger partial charge is 0.252 e. The Balaban J connectivity index is 1.97. The first-order chi connectivity index (χ1) is 9.52. The lowest BCUT2D eigenvalue weighted by Gasteiger charge is -2.08. The van der Waals surface area contributed by atoms with Crippen LogP contribution < -0.4 is 5.32 Å². The Morgan fingerprint density at radius 1 is 1.15 bits per heavy atom. The Kier molecular flexibility index (Phi) is 3.00. The molecule has 0 unspecified atom stereocenters. The summed E-state index contributed by atoms with van der Waals surface area (Å²) in [5.74, 6) is 1.32. The molecule has 0 saturated heterocycles. The molecule has 1 saturated carbocycles. The lowest BCUT2D eigenvalue weighted by Crippen LogP contribution is -2.17. The van der Waals surface area contributed by atoms with Crippen LogP contribution in [0.4, 0.5) is 5.82 Å². The average molecular weight is 271 g/mol. The number of nitrogens with one attached hydrogen (secondary N) is 1. The molecule has 1 fully saturated rings. The van der Waals surface area contributed by atoms with Crippen molar-refractivity contribution in [1.29, 1.82) is 0 Å². The summed E-state index contributed by atoms with van der Waals surface area (Å²) < 4.78 is 1.59. The molecule has 2 aromatic heterocycles. The van der Waals surface area contributed by atoms with Gasteiger partial charge in [0, 0.05) is 23.4 Å². The zero-order chi connectivity index (χ0) is 14.3. The first-order valence-corrected chi connectivity index (χ1v) is 6.73. The quantitative estimate of drug-likeness (QED) is 0.925. The van der Waals surface area contributed by atoms with Crippen LogP contribution in [0.5, 0.6) is 0 Å². The van der Waals surface area contributed by atoms with Gasteiger partial charge in [0.1, 0.15) is 5.82 Å². The molecule has 1 amide bonds. The van der Waals surface area contributed by atoms with E-state index in [1.165, 1.54) is 0 Å². The van der Waals surface area contributed by atoms with E-state index in [-0.39, 0.29) is 11.8 Å². The average Bonchev–Trinajstić information content (AvgIpc) is 3.13.